The first-order chi connectivity index (χ1) is 8.70. The highest BCUT2D eigenvalue weighted by molar-refractivity contribution is 7.99. The predicted octanol–water partition coefficient (Wildman–Crippen LogP) is 1.86. The molecule has 0 saturated heterocycles. The molecule has 0 saturated carbocycles. The zero-order valence-electron chi connectivity index (χ0n) is 9.12. The zero-order chi connectivity index (χ0) is 13.0. The van der Waals surface area contributed by atoms with Crippen LogP contribution in [-0.4, -0.2) is 21.0 Å². The molecule has 92 valence electrons. The van der Waals surface area contributed by atoms with Crippen molar-refractivity contribution in [2.75, 3.05) is 0 Å². The Bertz CT molecular complexity index is 591. The summed E-state index contributed by atoms with van der Waals surface area (Å²) in [6.45, 7) is 0. The largest absolute Gasteiger partial charge is 0.409 e. The van der Waals surface area contributed by atoms with Crippen molar-refractivity contribution in [2.24, 2.45) is 10.9 Å². The average molecular weight is 264 g/mol. The van der Waals surface area contributed by atoms with E-state index in [0.29, 0.717) is 15.5 Å². The smallest absolute Gasteiger partial charge is 0.174 e. The van der Waals surface area contributed by atoms with E-state index in [-0.39, 0.29) is 11.7 Å². The van der Waals surface area contributed by atoms with Gasteiger partial charge in [-0.25, -0.2) is 14.4 Å². The molecular formula is C11H9FN4OS. The van der Waals surface area contributed by atoms with Gasteiger partial charge in [0.1, 0.15) is 17.2 Å². The fraction of sp³-hybridized carbons (Fsp3) is 0. The number of aromatic nitrogens is 2. The van der Waals surface area contributed by atoms with Crippen molar-refractivity contribution >= 4 is 17.6 Å². The van der Waals surface area contributed by atoms with Crippen LogP contribution in [0.2, 0.25) is 0 Å². The van der Waals surface area contributed by atoms with E-state index < -0.39 is 0 Å². The van der Waals surface area contributed by atoms with Crippen LogP contribution in [0.1, 0.15) is 5.56 Å². The fourth-order valence-corrected chi connectivity index (χ4v) is 2.18. The molecule has 0 aliphatic rings. The van der Waals surface area contributed by atoms with Crippen molar-refractivity contribution in [3.8, 4) is 0 Å². The number of oxime groups is 1. The molecule has 0 fully saturated rings. The van der Waals surface area contributed by atoms with Crippen LogP contribution in [0.3, 0.4) is 0 Å². The Kier molecular flexibility index (Phi) is 3.73. The third-order valence-electron chi connectivity index (χ3n) is 2.07. The Labute approximate surface area is 107 Å². The summed E-state index contributed by atoms with van der Waals surface area (Å²) in [6, 6.07) is 6.07. The van der Waals surface area contributed by atoms with E-state index in [2.05, 4.69) is 15.1 Å². The normalized spacial score (nSPS) is 11.5. The van der Waals surface area contributed by atoms with Gasteiger partial charge in [-0.3, -0.25) is 0 Å². The Morgan fingerprint density at radius 2 is 2.28 bits per heavy atom. The van der Waals surface area contributed by atoms with Crippen LogP contribution in [0.4, 0.5) is 4.39 Å². The summed E-state index contributed by atoms with van der Waals surface area (Å²) in [5.74, 6) is -0.422. The summed E-state index contributed by atoms with van der Waals surface area (Å²) in [5, 5.41) is 12.1. The summed E-state index contributed by atoms with van der Waals surface area (Å²) in [6.07, 6.45) is 2.78. The number of hydrogen-bond acceptors (Lipinski definition) is 5. The summed E-state index contributed by atoms with van der Waals surface area (Å²) < 4.78 is 13.1. The van der Waals surface area contributed by atoms with E-state index in [1.165, 1.54) is 36.4 Å². The molecule has 0 radical (unpaired) electrons. The highest BCUT2D eigenvalue weighted by atomic mass is 32.2. The van der Waals surface area contributed by atoms with Crippen LogP contribution in [0.15, 0.2) is 51.9 Å². The minimum Gasteiger partial charge on any atom is -0.409 e. The van der Waals surface area contributed by atoms with Crippen molar-refractivity contribution in [3.63, 3.8) is 0 Å². The minimum absolute atomic E-state index is 0.0884. The van der Waals surface area contributed by atoms with Crippen molar-refractivity contribution < 1.29 is 9.60 Å². The van der Waals surface area contributed by atoms with Gasteiger partial charge >= 0.3 is 0 Å². The van der Waals surface area contributed by atoms with E-state index in [1.807, 2.05) is 0 Å². The van der Waals surface area contributed by atoms with E-state index in [4.69, 9.17) is 10.9 Å². The molecule has 0 aliphatic carbocycles. The van der Waals surface area contributed by atoms with Gasteiger partial charge in [-0.2, -0.15) is 0 Å². The van der Waals surface area contributed by atoms with E-state index in [1.54, 1.807) is 12.1 Å². The Morgan fingerprint density at radius 3 is 3.00 bits per heavy atom. The molecule has 2 rings (SSSR count). The maximum atomic E-state index is 13.1. The summed E-state index contributed by atoms with van der Waals surface area (Å²) in [4.78, 5) is 8.50. The average Bonchev–Trinajstić information content (AvgIpc) is 2.38. The van der Waals surface area contributed by atoms with Crippen molar-refractivity contribution in [3.05, 3.63) is 48.2 Å². The molecule has 0 aliphatic heterocycles. The lowest BCUT2D eigenvalue weighted by atomic mass is 10.3. The quantitative estimate of drug-likeness (QED) is 0.290. The van der Waals surface area contributed by atoms with E-state index in [9.17, 15) is 4.39 Å². The van der Waals surface area contributed by atoms with Gasteiger partial charge in [-0.15, -0.1) is 0 Å². The van der Waals surface area contributed by atoms with Gasteiger partial charge in [0.05, 0.1) is 5.56 Å². The molecule has 0 unspecified atom stereocenters. The number of rotatable bonds is 3. The van der Waals surface area contributed by atoms with Crippen LogP contribution in [0, 0.1) is 5.82 Å². The van der Waals surface area contributed by atoms with Gasteiger partial charge in [0.25, 0.3) is 0 Å². The molecule has 0 amide bonds. The van der Waals surface area contributed by atoms with Gasteiger partial charge in [0, 0.05) is 11.1 Å². The van der Waals surface area contributed by atoms with Crippen LogP contribution >= 0.6 is 11.8 Å². The summed E-state index contributed by atoms with van der Waals surface area (Å²) in [5.41, 5.74) is 5.91. The summed E-state index contributed by atoms with van der Waals surface area (Å²) >= 11 is 1.21. The number of halogens is 1. The number of benzene rings is 1. The first kappa shape index (κ1) is 12.3. The summed E-state index contributed by atoms with van der Waals surface area (Å²) in [7, 11) is 0. The first-order valence-corrected chi connectivity index (χ1v) is 5.73. The van der Waals surface area contributed by atoms with Crippen molar-refractivity contribution in [1.29, 1.82) is 0 Å². The van der Waals surface area contributed by atoms with Gasteiger partial charge in [-0.1, -0.05) is 23.0 Å². The monoisotopic (exact) mass is 264 g/mol. The predicted molar refractivity (Wildman–Crippen MR) is 65.1 cm³/mol. The first-order valence-electron chi connectivity index (χ1n) is 4.92. The SMILES string of the molecule is N/C(=N/O)c1cncnc1Sc1cccc(F)c1. The molecule has 1 aromatic carbocycles. The van der Waals surface area contributed by atoms with E-state index in [0.717, 1.165) is 0 Å². The van der Waals surface area contributed by atoms with Crippen molar-refractivity contribution in [1.82, 2.24) is 9.97 Å². The number of nitrogens with two attached hydrogens (primary N) is 1. The highest BCUT2D eigenvalue weighted by Crippen LogP contribution is 2.28. The van der Waals surface area contributed by atoms with Crippen LogP contribution < -0.4 is 5.73 Å². The second-order valence-corrected chi connectivity index (χ2v) is 4.35. The number of amidine groups is 1. The Morgan fingerprint density at radius 1 is 1.44 bits per heavy atom. The maximum absolute atomic E-state index is 13.1. The third kappa shape index (κ3) is 2.75. The molecule has 1 heterocycles. The van der Waals surface area contributed by atoms with Gasteiger partial charge in [-0.05, 0) is 18.2 Å². The van der Waals surface area contributed by atoms with Crippen LogP contribution in [0.25, 0.3) is 0 Å². The van der Waals surface area contributed by atoms with Gasteiger partial charge in [0.2, 0.25) is 0 Å². The molecule has 0 atom stereocenters. The maximum Gasteiger partial charge on any atom is 0.174 e. The fourth-order valence-electron chi connectivity index (χ4n) is 1.27. The second kappa shape index (κ2) is 5.46. The highest BCUT2D eigenvalue weighted by Gasteiger charge is 2.10. The second-order valence-electron chi connectivity index (χ2n) is 3.29. The molecule has 7 heteroatoms. The number of hydrogen-bond donors (Lipinski definition) is 2. The molecule has 2 aromatic rings. The lowest BCUT2D eigenvalue weighted by Gasteiger charge is -2.05. The molecular weight excluding hydrogens is 255 g/mol. The topological polar surface area (TPSA) is 84.4 Å². The standard InChI is InChI=1S/C11H9FN4OS/c12-7-2-1-3-8(4-7)18-11-9(10(13)16-17)5-14-6-15-11/h1-6,17H,(H2,13,16). The van der Waals surface area contributed by atoms with Gasteiger partial charge in [0.15, 0.2) is 5.84 Å². The Hall–Kier alpha value is -2.15. The molecule has 3 N–H and O–H groups in total. The number of nitrogens with zero attached hydrogens (tertiary/aromatic N) is 3. The molecule has 18 heavy (non-hydrogen) atoms. The van der Waals surface area contributed by atoms with E-state index >= 15 is 0 Å². The van der Waals surface area contributed by atoms with Crippen LogP contribution in [0.5, 0.6) is 0 Å². The molecule has 1 aromatic heterocycles. The van der Waals surface area contributed by atoms with Gasteiger partial charge < -0.3 is 10.9 Å². The van der Waals surface area contributed by atoms with Crippen molar-refractivity contribution in [2.45, 2.75) is 9.92 Å². The molecule has 0 spiro atoms. The lowest BCUT2D eigenvalue weighted by Crippen LogP contribution is -2.15. The third-order valence-corrected chi connectivity index (χ3v) is 3.08. The Balaban J connectivity index is 2.35. The molecule has 5 nitrogen and oxygen atoms in total. The lowest BCUT2D eigenvalue weighted by molar-refractivity contribution is 0.318. The van der Waals surface area contributed by atoms with Crippen LogP contribution in [-0.2, 0) is 0 Å². The zero-order valence-corrected chi connectivity index (χ0v) is 9.93. The minimum atomic E-state index is -0.334. The molecule has 0 bridgehead atoms.